The summed E-state index contributed by atoms with van der Waals surface area (Å²) in [4.78, 5) is 26.4. The van der Waals surface area contributed by atoms with Crippen molar-refractivity contribution in [3.63, 3.8) is 0 Å². The predicted molar refractivity (Wildman–Crippen MR) is 93.5 cm³/mol. The first-order valence-corrected chi connectivity index (χ1v) is 8.78. The number of benzene rings is 1. The topological polar surface area (TPSA) is 87.5 Å². The predicted octanol–water partition coefficient (Wildman–Crippen LogP) is 1.78. The number of hydrogen-bond donors (Lipinski definition) is 3. The van der Waals surface area contributed by atoms with Crippen LogP contribution in [0.1, 0.15) is 25.7 Å². The standard InChI is InChI=1S/C18H26N4O2/c19-16(13-8-9-13)11-20-17(23)14-5-4-10-22(12-14)18(24)21-15-6-2-1-3-7-15/h1-3,6-7,13-14,16H,4-5,8-12,19H2,(H,20,23)(H,21,24). The summed E-state index contributed by atoms with van der Waals surface area (Å²) in [7, 11) is 0. The van der Waals surface area contributed by atoms with E-state index in [1.807, 2.05) is 30.3 Å². The number of nitrogens with zero attached hydrogens (tertiary/aromatic N) is 1. The first-order valence-electron chi connectivity index (χ1n) is 8.78. The summed E-state index contributed by atoms with van der Waals surface area (Å²) in [6.45, 7) is 1.68. The highest BCUT2D eigenvalue weighted by molar-refractivity contribution is 5.90. The third-order valence-electron chi connectivity index (χ3n) is 4.84. The second-order valence-corrected chi connectivity index (χ2v) is 6.83. The van der Waals surface area contributed by atoms with Gasteiger partial charge < -0.3 is 21.3 Å². The van der Waals surface area contributed by atoms with Crippen LogP contribution in [0.15, 0.2) is 30.3 Å². The lowest BCUT2D eigenvalue weighted by atomic mass is 9.97. The molecule has 1 aromatic rings. The van der Waals surface area contributed by atoms with Crippen LogP contribution in [-0.4, -0.2) is 42.5 Å². The Morgan fingerprint density at radius 1 is 1.21 bits per heavy atom. The number of carbonyl (C=O) groups excluding carboxylic acids is 2. The molecule has 3 amide bonds. The maximum absolute atomic E-state index is 12.4. The number of nitrogens with one attached hydrogen (secondary N) is 2. The summed E-state index contributed by atoms with van der Waals surface area (Å²) >= 11 is 0. The summed E-state index contributed by atoms with van der Waals surface area (Å²) in [5.41, 5.74) is 6.80. The monoisotopic (exact) mass is 330 g/mol. The first kappa shape index (κ1) is 16.8. The number of para-hydroxylation sites is 1. The van der Waals surface area contributed by atoms with Crippen LogP contribution in [-0.2, 0) is 4.79 Å². The Bertz CT molecular complexity index is 574. The molecule has 0 radical (unpaired) electrons. The molecule has 1 aliphatic heterocycles. The molecule has 2 aliphatic rings. The number of hydrogen-bond acceptors (Lipinski definition) is 3. The van der Waals surface area contributed by atoms with Crippen LogP contribution in [0.4, 0.5) is 10.5 Å². The molecule has 2 atom stereocenters. The fourth-order valence-corrected chi connectivity index (χ4v) is 3.15. The second-order valence-electron chi connectivity index (χ2n) is 6.83. The molecule has 1 saturated carbocycles. The maximum atomic E-state index is 12.4. The van der Waals surface area contributed by atoms with Gasteiger partial charge in [-0.1, -0.05) is 18.2 Å². The van der Waals surface area contributed by atoms with E-state index in [-0.39, 0.29) is 23.9 Å². The van der Waals surface area contributed by atoms with Crippen LogP contribution in [0.3, 0.4) is 0 Å². The summed E-state index contributed by atoms with van der Waals surface area (Å²) < 4.78 is 0. The van der Waals surface area contributed by atoms with E-state index in [1.165, 1.54) is 12.8 Å². The van der Waals surface area contributed by atoms with Crippen molar-refractivity contribution in [2.45, 2.75) is 31.7 Å². The molecule has 1 aromatic carbocycles. The van der Waals surface area contributed by atoms with Crippen molar-refractivity contribution in [3.05, 3.63) is 30.3 Å². The molecule has 4 N–H and O–H groups in total. The van der Waals surface area contributed by atoms with Gasteiger partial charge in [-0.3, -0.25) is 4.79 Å². The molecule has 2 unspecified atom stereocenters. The SMILES string of the molecule is NC(CNC(=O)C1CCCN(C(=O)Nc2ccccc2)C1)C1CC1. The normalized spacial score (nSPS) is 21.9. The Balaban J connectivity index is 1.47. The van der Waals surface area contributed by atoms with Crippen LogP contribution < -0.4 is 16.4 Å². The van der Waals surface area contributed by atoms with Gasteiger partial charge in [0.2, 0.25) is 5.91 Å². The van der Waals surface area contributed by atoms with Gasteiger partial charge in [-0.05, 0) is 43.7 Å². The molecule has 24 heavy (non-hydrogen) atoms. The average molecular weight is 330 g/mol. The van der Waals surface area contributed by atoms with E-state index >= 15 is 0 Å². The van der Waals surface area contributed by atoms with E-state index in [2.05, 4.69) is 10.6 Å². The third-order valence-corrected chi connectivity index (χ3v) is 4.84. The number of piperidine rings is 1. The summed E-state index contributed by atoms with van der Waals surface area (Å²) in [6, 6.07) is 9.29. The number of carbonyl (C=O) groups is 2. The zero-order valence-electron chi connectivity index (χ0n) is 13.9. The molecule has 1 saturated heterocycles. The Kier molecular flexibility index (Phi) is 5.35. The molecule has 130 valence electrons. The Morgan fingerprint density at radius 3 is 2.67 bits per heavy atom. The maximum Gasteiger partial charge on any atom is 0.321 e. The molecule has 6 heteroatoms. The Morgan fingerprint density at radius 2 is 1.96 bits per heavy atom. The van der Waals surface area contributed by atoms with Crippen LogP contribution >= 0.6 is 0 Å². The van der Waals surface area contributed by atoms with Gasteiger partial charge in [0, 0.05) is 31.4 Å². The minimum absolute atomic E-state index is 0.0170. The molecule has 3 rings (SSSR count). The Hall–Kier alpha value is -2.08. The van der Waals surface area contributed by atoms with Gasteiger partial charge in [0.25, 0.3) is 0 Å². The van der Waals surface area contributed by atoms with E-state index < -0.39 is 0 Å². The molecular weight excluding hydrogens is 304 g/mol. The lowest BCUT2D eigenvalue weighted by Crippen LogP contribution is -2.48. The number of likely N-dealkylation sites (tertiary alicyclic amines) is 1. The van der Waals surface area contributed by atoms with Crippen molar-refractivity contribution in [3.8, 4) is 0 Å². The minimum atomic E-state index is -0.147. The molecule has 1 heterocycles. The van der Waals surface area contributed by atoms with Gasteiger partial charge in [0.1, 0.15) is 0 Å². The Labute approximate surface area is 142 Å². The van der Waals surface area contributed by atoms with Crippen LogP contribution in [0.2, 0.25) is 0 Å². The molecular formula is C18H26N4O2. The summed E-state index contributed by atoms with van der Waals surface area (Å²) in [5, 5.41) is 5.84. The van der Waals surface area contributed by atoms with Gasteiger partial charge in [-0.15, -0.1) is 0 Å². The van der Waals surface area contributed by atoms with E-state index in [9.17, 15) is 9.59 Å². The van der Waals surface area contributed by atoms with Crippen molar-refractivity contribution in [2.24, 2.45) is 17.6 Å². The number of urea groups is 1. The fraction of sp³-hybridized carbons (Fsp3) is 0.556. The zero-order valence-corrected chi connectivity index (χ0v) is 13.9. The molecule has 1 aliphatic carbocycles. The lowest BCUT2D eigenvalue weighted by Gasteiger charge is -2.32. The van der Waals surface area contributed by atoms with E-state index in [0.29, 0.717) is 25.6 Å². The zero-order chi connectivity index (χ0) is 16.9. The lowest BCUT2D eigenvalue weighted by molar-refractivity contribution is -0.126. The minimum Gasteiger partial charge on any atom is -0.354 e. The second kappa shape index (κ2) is 7.66. The number of anilines is 1. The van der Waals surface area contributed by atoms with Gasteiger partial charge in [0.05, 0.1) is 5.92 Å². The average Bonchev–Trinajstić information content (AvgIpc) is 3.45. The largest absolute Gasteiger partial charge is 0.354 e. The van der Waals surface area contributed by atoms with E-state index in [4.69, 9.17) is 5.73 Å². The number of amides is 3. The summed E-state index contributed by atoms with van der Waals surface area (Å²) in [6.07, 6.45) is 4.01. The summed E-state index contributed by atoms with van der Waals surface area (Å²) in [5.74, 6) is 0.444. The first-order chi connectivity index (χ1) is 11.6. The van der Waals surface area contributed by atoms with Crippen LogP contribution in [0.5, 0.6) is 0 Å². The van der Waals surface area contributed by atoms with Gasteiger partial charge >= 0.3 is 6.03 Å². The van der Waals surface area contributed by atoms with Crippen molar-refractivity contribution < 1.29 is 9.59 Å². The number of nitrogens with two attached hydrogens (primary N) is 1. The molecule has 6 nitrogen and oxygen atoms in total. The number of rotatable bonds is 5. The van der Waals surface area contributed by atoms with Crippen molar-refractivity contribution >= 4 is 17.6 Å². The van der Waals surface area contributed by atoms with Gasteiger partial charge in [-0.25, -0.2) is 4.79 Å². The smallest absolute Gasteiger partial charge is 0.321 e. The highest BCUT2D eigenvalue weighted by Crippen LogP contribution is 2.31. The highest BCUT2D eigenvalue weighted by Gasteiger charge is 2.31. The molecule has 2 fully saturated rings. The molecule has 0 aromatic heterocycles. The molecule has 0 spiro atoms. The van der Waals surface area contributed by atoms with Gasteiger partial charge in [-0.2, -0.15) is 0 Å². The van der Waals surface area contributed by atoms with Crippen molar-refractivity contribution in [1.29, 1.82) is 0 Å². The highest BCUT2D eigenvalue weighted by atomic mass is 16.2. The fourth-order valence-electron chi connectivity index (χ4n) is 3.15. The molecule has 0 bridgehead atoms. The van der Waals surface area contributed by atoms with Gasteiger partial charge in [0.15, 0.2) is 0 Å². The van der Waals surface area contributed by atoms with E-state index in [1.54, 1.807) is 4.90 Å². The third kappa shape index (κ3) is 4.47. The van der Waals surface area contributed by atoms with Crippen LogP contribution in [0, 0.1) is 11.8 Å². The van der Waals surface area contributed by atoms with Crippen LogP contribution in [0.25, 0.3) is 0 Å². The quantitative estimate of drug-likeness (QED) is 0.769. The van der Waals surface area contributed by atoms with Crippen molar-refractivity contribution in [2.75, 3.05) is 25.0 Å². The van der Waals surface area contributed by atoms with E-state index in [0.717, 1.165) is 18.5 Å². The van der Waals surface area contributed by atoms with Crippen molar-refractivity contribution in [1.82, 2.24) is 10.2 Å².